The topological polar surface area (TPSA) is 52.0 Å². The third-order valence-electron chi connectivity index (χ3n) is 1.93. The van der Waals surface area contributed by atoms with Gasteiger partial charge >= 0.3 is 0 Å². The predicted molar refractivity (Wildman–Crippen MR) is 50.3 cm³/mol. The number of hydrogen-bond donors (Lipinski definition) is 0. The van der Waals surface area contributed by atoms with E-state index in [0.717, 1.165) is 6.42 Å². The molecule has 0 fully saturated rings. The highest BCUT2D eigenvalue weighted by Gasteiger charge is 2.14. The molecule has 0 saturated heterocycles. The molecule has 0 saturated carbocycles. The van der Waals surface area contributed by atoms with Crippen LogP contribution in [-0.2, 0) is 9.05 Å². The van der Waals surface area contributed by atoms with Gasteiger partial charge in [-0.1, -0.05) is 6.92 Å². The lowest BCUT2D eigenvalue weighted by atomic mass is 10.3. The third-order valence-corrected chi connectivity index (χ3v) is 3.11. The first kappa shape index (κ1) is 10.5. The first-order chi connectivity index (χ1) is 5.95. The Kier molecular flexibility index (Phi) is 2.98. The van der Waals surface area contributed by atoms with Crippen LogP contribution in [-0.4, -0.2) is 18.0 Å². The number of nitrogens with zero attached hydrogens (tertiary/aromatic N) is 2. The second-order valence-corrected chi connectivity index (χ2v) is 5.37. The summed E-state index contributed by atoms with van der Waals surface area (Å²) in [5.74, 6) is 0. The summed E-state index contributed by atoms with van der Waals surface area (Å²) in [6.07, 6.45) is 3.83. The fraction of sp³-hybridized carbons (Fsp3) is 0.571. The minimum absolute atomic E-state index is 0.0885. The Morgan fingerprint density at radius 1 is 1.69 bits per heavy atom. The van der Waals surface area contributed by atoms with Crippen LogP contribution in [0.4, 0.5) is 0 Å². The van der Waals surface area contributed by atoms with Gasteiger partial charge in [0, 0.05) is 22.9 Å². The van der Waals surface area contributed by atoms with Crippen molar-refractivity contribution in [2.24, 2.45) is 0 Å². The largest absolute Gasteiger partial charge is 0.333 e. The van der Waals surface area contributed by atoms with E-state index >= 15 is 0 Å². The van der Waals surface area contributed by atoms with Gasteiger partial charge in [-0.25, -0.2) is 13.4 Å². The van der Waals surface area contributed by atoms with Crippen molar-refractivity contribution in [3.63, 3.8) is 0 Å². The maximum atomic E-state index is 10.8. The van der Waals surface area contributed by atoms with E-state index in [4.69, 9.17) is 10.7 Å². The zero-order chi connectivity index (χ0) is 10.1. The van der Waals surface area contributed by atoms with Crippen molar-refractivity contribution in [1.82, 2.24) is 9.55 Å². The fourth-order valence-electron chi connectivity index (χ4n) is 0.896. The minimum atomic E-state index is -3.68. The van der Waals surface area contributed by atoms with Gasteiger partial charge in [-0.3, -0.25) is 0 Å². The molecule has 6 heteroatoms. The Bertz CT molecular complexity index is 385. The molecule has 1 aromatic heterocycles. The van der Waals surface area contributed by atoms with E-state index in [1.54, 1.807) is 4.57 Å². The van der Waals surface area contributed by atoms with Gasteiger partial charge < -0.3 is 4.57 Å². The van der Waals surface area contributed by atoms with Crippen LogP contribution in [0.1, 0.15) is 26.3 Å². The molecular formula is C7H11ClN2O2S. The lowest BCUT2D eigenvalue weighted by Gasteiger charge is -2.08. The van der Waals surface area contributed by atoms with Crippen molar-refractivity contribution in [3.8, 4) is 0 Å². The molecule has 0 bridgehead atoms. The van der Waals surface area contributed by atoms with Crippen molar-refractivity contribution in [2.75, 3.05) is 0 Å². The van der Waals surface area contributed by atoms with Gasteiger partial charge in [0.15, 0.2) is 5.03 Å². The highest BCUT2D eigenvalue weighted by atomic mass is 35.7. The number of halogens is 1. The number of rotatable bonds is 3. The molecule has 0 aromatic carbocycles. The maximum absolute atomic E-state index is 10.8. The van der Waals surface area contributed by atoms with E-state index in [2.05, 4.69) is 4.98 Å². The summed E-state index contributed by atoms with van der Waals surface area (Å²) in [5.41, 5.74) is 0. The number of aromatic nitrogens is 2. The first-order valence-electron chi connectivity index (χ1n) is 3.93. The molecule has 1 atom stereocenters. The standard InChI is InChI=1S/C7H11ClN2O2S/c1-3-6(2)10-4-7(9-5-10)13(8,11)12/h4-6H,3H2,1-2H3/t6-/m0/s1. The second kappa shape index (κ2) is 3.67. The van der Waals surface area contributed by atoms with Crippen LogP contribution in [0.2, 0.25) is 0 Å². The Labute approximate surface area is 82.0 Å². The molecule has 1 aromatic rings. The lowest BCUT2D eigenvalue weighted by molar-refractivity contribution is 0.529. The highest BCUT2D eigenvalue weighted by molar-refractivity contribution is 8.13. The number of imidazole rings is 1. The van der Waals surface area contributed by atoms with Gasteiger partial charge in [-0.15, -0.1) is 0 Å². The summed E-state index contributed by atoms with van der Waals surface area (Å²) in [4.78, 5) is 3.70. The first-order valence-corrected chi connectivity index (χ1v) is 6.24. The molecule has 0 aliphatic rings. The van der Waals surface area contributed by atoms with Crippen molar-refractivity contribution in [3.05, 3.63) is 12.5 Å². The average Bonchev–Trinajstić information content (AvgIpc) is 2.50. The minimum Gasteiger partial charge on any atom is -0.333 e. The van der Waals surface area contributed by atoms with Crippen LogP contribution in [0.15, 0.2) is 17.6 Å². The van der Waals surface area contributed by atoms with Crippen molar-refractivity contribution in [2.45, 2.75) is 31.3 Å². The third kappa shape index (κ3) is 2.45. The van der Waals surface area contributed by atoms with Crippen molar-refractivity contribution in [1.29, 1.82) is 0 Å². The molecule has 1 heterocycles. The van der Waals surface area contributed by atoms with Crippen LogP contribution in [0.25, 0.3) is 0 Å². The van der Waals surface area contributed by atoms with Gasteiger partial charge in [-0.2, -0.15) is 0 Å². The lowest BCUT2D eigenvalue weighted by Crippen LogP contribution is -2.00. The van der Waals surface area contributed by atoms with Gasteiger partial charge in [0.2, 0.25) is 0 Å². The molecule has 0 radical (unpaired) electrons. The molecule has 0 N–H and O–H groups in total. The van der Waals surface area contributed by atoms with E-state index in [1.165, 1.54) is 12.5 Å². The van der Waals surface area contributed by atoms with Gasteiger partial charge in [-0.05, 0) is 13.3 Å². The monoisotopic (exact) mass is 222 g/mol. The zero-order valence-corrected chi connectivity index (χ0v) is 9.01. The second-order valence-electron chi connectivity index (χ2n) is 2.85. The summed E-state index contributed by atoms with van der Waals surface area (Å²) in [5, 5.41) is -0.0885. The summed E-state index contributed by atoms with van der Waals surface area (Å²) in [7, 11) is 1.43. The van der Waals surface area contributed by atoms with E-state index in [1.807, 2.05) is 13.8 Å². The average molecular weight is 223 g/mol. The van der Waals surface area contributed by atoms with E-state index < -0.39 is 9.05 Å². The summed E-state index contributed by atoms with van der Waals surface area (Å²) >= 11 is 0. The molecule has 0 amide bonds. The van der Waals surface area contributed by atoms with Crippen LogP contribution >= 0.6 is 10.7 Å². The SMILES string of the molecule is CC[C@H](C)n1cnc(S(=O)(=O)Cl)c1. The van der Waals surface area contributed by atoms with Gasteiger partial charge in [0.25, 0.3) is 9.05 Å². The quantitative estimate of drug-likeness (QED) is 0.733. The molecule has 0 spiro atoms. The molecule has 13 heavy (non-hydrogen) atoms. The Hall–Kier alpha value is -0.550. The van der Waals surface area contributed by atoms with Crippen molar-refractivity contribution < 1.29 is 8.42 Å². The molecular weight excluding hydrogens is 212 g/mol. The molecule has 0 unspecified atom stereocenters. The van der Waals surface area contributed by atoms with E-state index in [0.29, 0.717) is 0 Å². The Morgan fingerprint density at radius 2 is 2.31 bits per heavy atom. The normalized spacial score (nSPS) is 14.4. The Balaban J connectivity index is 3.00. The summed E-state index contributed by atoms with van der Waals surface area (Å²) in [6.45, 7) is 3.99. The molecule has 74 valence electrons. The fourth-order valence-corrected chi connectivity index (χ4v) is 1.56. The van der Waals surface area contributed by atoms with E-state index in [-0.39, 0.29) is 11.1 Å². The smallest absolute Gasteiger partial charge is 0.280 e. The summed E-state index contributed by atoms with van der Waals surface area (Å²) < 4.78 is 23.4. The van der Waals surface area contributed by atoms with Crippen LogP contribution in [0.3, 0.4) is 0 Å². The van der Waals surface area contributed by atoms with Crippen LogP contribution in [0, 0.1) is 0 Å². The highest BCUT2D eigenvalue weighted by Crippen LogP contribution is 2.15. The summed E-state index contributed by atoms with van der Waals surface area (Å²) in [6, 6.07) is 0.236. The molecule has 1 rings (SSSR count). The number of hydrogen-bond acceptors (Lipinski definition) is 3. The predicted octanol–water partition coefficient (Wildman–Crippen LogP) is 1.78. The van der Waals surface area contributed by atoms with Gasteiger partial charge in [0.05, 0.1) is 6.33 Å². The maximum Gasteiger partial charge on any atom is 0.280 e. The van der Waals surface area contributed by atoms with Gasteiger partial charge in [0.1, 0.15) is 0 Å². The molecule has 0 aliphatic heterocycles. The van der Waals surface area contributed by atoms with E-state index in [9.17, 15) is 8.42 Å². The van der Waals surface area contributed by atoms with Crippen LogP contribution < -0.4 is 0 Å². The molecule has 0 aliphatic carbocycles. The van der Waals surface area contributed by atoms with Crippen LogP contribution in [0.5, 0.6) is 0 Å². The van der Waals surface area contributed by atoms with Crippen molar-refractivity contribution >= 4 is 19.7 Å². The Morgan fingerprint density at radius 3 is 2.69 bits per heavy atom. The molecule has 4 nitrogen and oxygen atoms in total. The zero-order valence-electron chi connectivity index (χ0n) is 7.44.